The second kappa shape index (κ2) is 6.03. The summed E-state index contributed by atoms with van der Waals surface area (Å²) in [7, 11) is 1.90. The van der Waals surface area contributed by atoms with Crippen molar-refractivity contribution in [3.05, 3.63) is 36.7 Å². The lowest BCUT2D eigenvalue weighted by atomic mass is 10.1. The maximum atomic E-state index is 12.7. The summed E-state index contributed by atoms with van der Waals surface area (Å²) in [4.78, 5) is 14.7. The van der Waals surface area contributed by atoms with Crippen LogP contribution in [0.25, 0.3) is 0 Å². The first-order valence-electron chi connectivity index (χ1n) is 7.48. The number of rotatable bonds is 4. The standard InChI is InChI=1S/C16H22N2O3/c1-3-10-20-14-7-6-12-15(14)21-11-9-18(12)16(19)13-5-4-8-17(13)2/h3-5,8,12,14-15H,1,6-7,9-11H2,2H3/t12-,14-,15-/m1/s1. The maximum absolute atomic E-state index is 12.7. The predicted octanol–water partition coefficient (Wildman–Crippen LogP) is 1.60. The van der Waals surface area contributed by atoms with Crippen LogP contribution >= 0.6 is 0 Å². The largest absolute Gasteiger partial charge is 0.372 e. The summed E-state index contributed by atoms with van der Waals surface area (Å²) in [6.07, 6.45) is 5.57. The van der Waals surface area contributed by atoms with Crippen molar-refractivity contribution in [1.82, 2.24) is 9.47 Å². The second-order valence-corrected chi connectivity index (χ2v) is 5.64. The molecule has 2 aliphatic rings. The number of nitrogens with zero attached hydrogens (tertiary/aromatic N) is 2. The number of carbonyl (C=O) groups is 1. The van der Waals surface area contributed by atoms with Gasteiger partial charge in [0.15, 0.2) is 0 Å². The molecule has 0 N–H and O–H groups in total. The van der Waals surface area contributed by atoms with Crippen molar-refractivity contribution in [2.75, 3.05) is 19.8 Å². The minimum atomic E-state index is -0.0112. The molecule has 5 heteroatoms. The van der Waals surface area contributed by atoms with Crippen LogP contribution in [-0.4, -0.2) is 53.4 Å². The Kier molecular flexibility index (Phi) is 4.12. The number of fused-ring (bicyclic) bond motifs is 1. The Balaban J connectivity index is 1.74. The van der Waals surface area contributed by atoms with Crippen LogP contribution in [0.15, 0.2) is 31.0 Å². The minimum Gasteiger partial charge on any atom is -0.372 e. The Hall–Kier alpha value is -1.59. The van der Waals surface area contributed by atoms with Crippen LogP contribution in [0.2, 0.25) is 0 Å². The zero-order chi connectivity index (χ0) is 14.8. The Morgan fingerprint density at radius 2 is 2.43 bits per heavy atom. The van der Waals surface area contributed by atoms with Gasteiger partial charge in [-0.3, -0.25) is 4.79 Å². The van der Waals surface area contributed by atoms with Crippen LogP contribution < -0.4 is 0 Å². The van der Waals surface area contributed by atoms with Crippen LogP contribution in [0.5, 0.6) is 0 Å². The first-order valence-corrected chi connectivity index (χ1v) is 7.48. The fourth-order valence-corrected chi connectivity index (χ4v) is 3.37. The molecule has 1 aromatic heterocycles. The average molecular weight is 290 g/mol. The van der Waals surface area contributed by atoms with Gasteiger partial charge in [0.1, 0.15) is 11.8 Å². The van der Waals surface area contributed by atoms with Crippen LogP contribution in [0.1, 0.15) is 23.3 Å². The molecule has 3 rings (SSSR count). The van der Waals surface area contributed by atoms with Gasteiger partial charge in [-0.25, -0.2) is 0 Å². The van der Waals surface area contributed by atoms with Crippen LogP contribution in [0.3, 0.4) is 0 Å². The van der Waals surface area contributed by atoms with Crippen LogP contribution in [-0.2, 0) is 16.5 Å². The van der Waals surface area contributed by atoms with E-state index in [9.17, 15) is 4.79 Å². The molecular weight excluding hydrogens is 268 g/mol. The van der Waals surface area contributed by atoms with Gasteiger partial charge in [-0.15, -0.1) is 6.58 Å². The quantitative estimate of drug-likeness (QED) is 0.791. The molecule has 0 bridgehead atoms. The molecule has 0 aromatic carbocycles. The van der Waals surface area contributed by atoms with E-state index < -0.39 is 0 Å². The Labute approximate surface area is 125 Å². The van der Waals surface area contributed by atoms with Crippen LogP contribution in [0.4, 0.5) is 0 Å². The molecule has 1 saturated heterocycles. The Bertz CT molecular complexity index is 525. The van der Waals surface area contributed by atoms with E-state index in [0.717, 1.165) is 18.5 Å². The third-order valence-electron chi connectivity index (χ3n) is 4.39. The molecule has 3 atom stereocenters. The van der Waals surface area contributed by atoms with Gasteiger partial charge >= 0.3 is 0 Å². The first-order chi connectivity index (χ1) is 10.2. The molecule has 0 radical (unpaired) electrons. The Morgan fingerprint density at radius 1 is 1.57 bits per heavy atom. The van der Waals surface area contributed by atoms with Gasteiger partial charge in [0.2, 0.25) is 0 Å². The zero-order valence-electron chi connectivity index (χ0n) is 12.4. The number of morpholine rings is 1. The van der Waals surface area contributed by atoms with Crippen molar-refractivity contribution in [1.29, 1.82) is 0 Å². The summed E-state index contributed by atoms with van der Waals surface area (Å²) in [6.45, 7) is 5.44. The van der Waals surface area contributed by atoms with E-state index in [1.165, 1.54) is 0 Å². The summed E-state index contributed by atoms with van der Waals surface area (Å²) < 4.78 is 13.5. The number of amides is 1. The highest BCUT2D eigenvalue weighted by atomic mass is 16.5. The fourth-order valence-electron chi connectivity index (χ4n) is 3.37. The van der Waals surface area contributed by atoms with Crippen molar-refractivity contribution < 1.29 is 14.3 Å². The SMILES string of the molecule is C=CCO[C@@H]1CC[C@@H]2[C@H]1OCCN2C(=O)c1cccn1C. The van der Waals surface area contributed by atoms with E-state index in [1.54, 1.807) is 6.08 Å². The molecule has 21 heavy (non-hydrogen) atoms. The van der Waals surface area contributed by atoms with Gasteiger partial charge in [0.05, 0.1) is 25.4 Å². The monoisotopic (exact) mass is 290 g/mol. The number of hydrogen-bond donors (Lipinski definition) is 0. The van der Waals surface area contributed by atoms with Crippen molar-refractivity contribution in [3.63, 3.8) is 0 Å². The predicted molar refractivity (Wildman–Crippen MR) is 79.1 cm³/mol. The highest BCUT2D eigenvalue weighted by molar-refractivity contribution is 5.93. The molecular formula is C16H22N2O3. The molecule has 114 valence electrons. The molecule has 2 heterocycles. The maximum Gasteiger partial charge on any atom is 0.270 e. The minimum absolute atomic E-state index is 0.0112. The molecule has 1 aliphatic heterocycles. The van der Waals surface area contributed by atoms with E-state index in [-0.39, 0.29) is 24.2 Å². The summed E-state index contributed by atoms with van der Waals surface area (Å²) in [5, 5.41) is 0. The van der Waals surface area contributed by atoms with Gasteiger partial charge in [-0.2, -0.15) is 0 Å². The molecule has 1 saturated carbocycles. The number of aromatic nitrogens is 1. The highest BCUT2D eigenvalue weighted by Crippen LogP contribution is 2.33. The highest BCUT2D eigenvalue weighted by Gasteiger charge is 2.45. The molecule has 2 fully saturated rings. The number of hydrogen-bond acceptors (Lipinski definition) is 3. The number of ether oxygens (including phenoxy) is 2. The second-order valence-electron chi connectivity index (χ2n) is 5.64. The lowest BCUT2D eigenvalue weighted by molar-refractivity contribution is -0.100. The van der Waals surface area contributed by atoms with Crippen molar-refractivity contribution in [2.24, 2.45) is 7.05 Å². The van der Waals surface area contributed by atoms with Gasteiger partial charge in [-0.05, 0) is 25.0 Å². The Morgan fingerprint density at radius 3 is 3.14 bits per heavy atom. The van der Waals surface area contributed by atoms with Crippen molar-refractivity contribution in [3.8, 4) is 0 Å². The molecule has 1 aromatic rings. The van der Waals surface area contributed by atoms with Gasteiger partial charge in [-0.1, -0.05) is 6.08 Å². The van der Waals surface area contributed by atoms with E-state index in [1.807, 2.05) is 34.8 Å². The van der Waals surface area contributed by atoms with E-state index in [4.69, 9.17) is 9.47 Å². The van der Waals surface area contributed by atoms with Gasteiger partial charge in [0, 0.05) is 19.8 Å². The summed E-state index contributed by atoms with van der Waals surface area (Å²) in [5.41, 5.74) is 0.728. The molecule has 0 spiro atoms. The summed E-state index contributed by atoms with van der Waals surface area (Å²) in [5.74, 6) is 0.0881. The fraction of sp³-hybridized carbons (Fsp3) is 0.562. The third-order valence-corrected chi connectivity index (χ3v) is 4.39. The topological polar surface area (TPSA) is 43.7 Å². The lowest BCUT2D eigenvalue weighted by Crippen LogP contribution is -2.54. The summed E-state index contributed by atoms with van der Waals surface area (Å²) in [6, 6.07) is 3.89. The smallest absolute Gasteiger partial charge is 0.270 e. The average Bonchev–Trinajstić information content (AvgIpc) is 3.10. The van der Waals surface area contributed by atoms with Gasteiger partial charge < -0.3 is 18.9 Å². The molecule has 1 amide bonds. The lowest BCUT2D eigenvalue weighted by Gasteiger charge is -2.39. The third kappa shape index (κ3) is 2.63. The number of carbonyl (C=O) groups excluding carboxylic acids is 1. The van der Waals surface area contributed by atoms with Crippen LogP contribution in [0, 0.1) is 0 Å². The van der Waals surface area contributed by atoms with Crippen molar-refractivity contribution >= 4 is 5.91 Å². The summed E-state index contributed by atoms with van der Waals surface area (Å²) >= 11 is 0. The molecule has 0 unspecified atom stereocenters. The first kappa shape index (κ1) is 14.4. The molecule has 5 nitrogen and oxygen atoms in total. The molecule has 1 aliphatic carbocycles. The van der Waals surface area contributed by atoms with Crippen molar-refractivity contribution in [2.45, 2.75) is 31.1 Å². The normalized spacial score (nSPS) is 28.4. The van der Waals surface area contributed by atoms with E-state index >= 15 is 0 Å². The van der Waals surface area contributed by atoms with E-state index in [2.05, 4.69) is 6.58 Å². The van der Waals surface area contributed by atoms with Gasteiger partial charge in [0.25, 0.3) is 5.91 Å². The number of aryl methyl sites for hydroxylation is 1. The zero-order valence-corrected chi connectivity index (χ0v) is 12.4. The van der Waals surface area contributed by atoms with E-state index in [0.29, 0.717) is 19.8 Å².